The lowest BCUT2D eigenvalue weighted by Crippen LogP contribution is -2.40. The molecule has 4 aromatic rings. The summed E-state index contributed by atoms with van der Waals surface area (Å²) in [5.41, 5.74) is 5.85. The summed E-state index contributed by atoms with van der Waals surface area (Å²) in [6.07, 6.45) is 5.08. The highest BCUT2D eigenvalue weighted by Crippen LogP contribution is 2.38. The standard InChI is InChI=1S/C28H32ClN5/c1-4-19(2)27(22-13-11-21(12-14-22)24-9-5-6-10-25(24)29)33-15-7-8-23(17-33)26-16-20(3)32-28-30-18-31-34(26)28/h5-6,9-14,16,18-19,23,27H,4,7-8,15,17H2,1-3H3. The first kappa shape index (κ1) is 23.0. The van der Waals surface area contributed by atoms with Gasteiger partial charge in [0.15, 0.2) is 0 Å². The van der Waals surface area contributed by atoms with Crippen molar-refractivity contribution >= 4 is 17.4 Å². The second-order valence-electron chi connectivity index (χ2n) is 9.56. The van der Waals surface area contributed by atoms with Crippen LogP contribution in [0.4, 0.5) is 0 Å². The Bertz CT molecular complexity index is 1270. The Balaban J connectivity index is 1.44. The van der Waals surface area contributed by atoms with Gasteiger partial charge in [-0.3, -0.25) is 4.90 Å². The molecular weight excluding hydrogens is 442 g/mol. The summed E-state index contributed by atoms with van der Waals surface area (Å²) in [5.74, 6) is 1.66. The maximum Gasteiger partial charge on any atom is 0.252 e. The number of rotatable bonds is 6. The number of halogens is 1. The number of likely N-dealkylation sites (tertiary alicyclic amines) is 1. The van der Waals surface area contributed by atoms with Crippen molar-refractivity contribution in [2.24, 2.45) is 5.92 Å². The van der Waals surface area contributed by atoms with E-state index >= 15 is 0 Å². The van der Waals surface area contributed by atoms with Gasteiger partial charge in [-0.25, -0.2) is 9.50 Å². The van der Waals surface area contributed by atoms with Crippen molar-refractivity contribution in [2.45, 2.75) is 52.0 Å². The molecule has 1 aliphatic rings. The molecule has 2 aromatic heterocycles. The predicted molar refractivity (Wildman–Crippen MR) is 138 cm³/mol. The van der Waals surface area contributed by atoms with E-state index in [4.69, 9.17) is 11.6 Å². The Kier molecular flexibility index (Phi) is 6.66. The Morgan fingerprint density at radius 2 is 1.91 bits per heavy atom. The highest BCUT2D eigenvalue weighted by atomic mass is 35.5. The quantitative estimate of drug-likeness (QED) is 0.312. The van der Waals surface area contributed by atoms with Gasteiger partial charge >= 0.3 is 0 Å². The zero-order valence-electron chi connectivity index (χ0n) is 20.2. The van der Waals surface area contributed by atoms with E-state index in [1.807, 2.05) is 29.6 Å². The van der Waals surface area contributed by atoms with Gasteiger partial charge in [-0.1, -0.05) is 74.3 Å². The molecular formula is C28H32ClN5. The van der Waals surface area contributed by atoms with Crippen LogP contribution in [0.25, 0.3) is 16.9 Å². The molecule has 0 saturated carbocycles. The number of hydrogen-bond acceptors (Lipinski definition) is 4. The van der Waals surface area contributed by atoms with Crippen LogP contribution < -0.4 is 0 Å². The minimum absolute atomic E-state index is 0.377. The van der Waals surface area contributed by atoms with E-state index in [2.05, 4.69) is 70.2 Å². The number of fused-ring (bicyclic) bond motifs is 1. The third kappa shape index (κ3) is 4.47. The second-order valence-corrected chi connectivity index (χ2v) is 9.97. The zero-order chi connectivity index (χ0) is 23.7. The van der Waals surface area contributed by atoms with Crippen LogP contribution in [0.5, 0.6) is 0 Å². The molecule has 0 aliphatic carbocycles. The molecule has 3 atom stereocenters. The first-order valence-electron chi connectivity index (χ1n) is 12.3. The predicted octanol–water partition coefficient (Wildman–Crippen LogP) is 6.72. The molecule has 5 rings (SSSR count). The van der Waals surface area contributed by atoms with Crippen molar-refractivity contribution in [3.8, 4) is 11.1 Å². The van der Waals surface area contributed by atoms with E-state index in [0.717, 1.165) is 47.8 Å². The maximum absolute atomic E-state index is 6.45. The maximum atomic E-state index is 6.45. The van der Waals surface area contributed by atoms with Crippen LogP contribution in [-0.4, -0.2) is 37.6 Å². The largest absolute Gasteiger partial charge is 0.295 e. The average molecular weight is 474 g/mol. The number of piperidine rings is 1. The Labute approximate surface area is 206 Å². The topological polar surface area (TPSA) is 46.3 Å². The van der Waals surface area contributed by atoms with E-state index < -0.39 is 0 Å². The number of aryl methyl sites for hydroxylation is 1. The SMILES string of the molecule is CCC(C)C(c1ccc(-c2ccccc2Cl)cc1)N1CCCC(c2cc(C)nc3ncnn23)C1. The normalized spacial score (nSPS) is 18.8. The van der Waals surface area contributed by atoms with Crippen molar-refractivity contribution in [2.75, 3.05) is 13.1 Å². The minimum atomic E-state index is 0.377. The summed E-state index contributed by atoms with van der Waals surface area (Å²) in [7, 11) is 0. The van der Waals surface area contributed by atoms with Crippen LogP contribution in [0.2, 0.25) is 5.02 Å². The van der Waals surface area contributed by atoms with Crippen LogP contribution in [0.15, 0.2) is 60.9 Å². The van der Waals surface area contributed by atoms with Gasteiger partial charge in [0.1, 0.15) is 6.33 Å². The lowest BCUT2D eigenvalue weighted by molar-refractivity contribution is 0.107. The number of benzene rings is 2. The van der Waals surface area contributed by atoms with Gasteiger partial charge in [-0.15, -0.1) is 0 Å². The third-order valence-electron chi connectivity index (χ3n) is 7.29. The van der Waals surface area contributed by atoms with E-state index in [1.165, 1.54) is 17.7 Å². The molecule has 0 N–H and O–H groups in total. The van der Waals surface area contributed by atoms with E-state index in [9.17, 15) is 0 Å². The summed E-state index contributed by atoms with van der Waals surface area (Å²) >= 11 is 6.45. The minimum Gasteiger partial charge on any atom is -0.295 e. The fourth-order valence-corrected chi connectivity index (χ4v) is 5.67. The van der Waals surface area contributed by atoms with Crippen LogP contribution in [0, 0.1) is 12.8 Å². The van der Waals surface area contributed by atoms with Crippen molar-refractivity contribution in [1.82, 2.24) is 24.5 Å². The molecule has 1 fully saturated rings. The average Bonchev–Trinajstić information content (AvgIpc) is 3.33. The van der Waals surface area contributed by atoms with Crippen molar-refractivity contribution in [3.05, 3.63) is 82.9 Å². The highest BCUT2D eigenvalue weighted by molar-refractivity contribution is 6.33. The molecule has 0 amide bonds. The van der Waals surface area contributed by atoms with Gasteiger partial charge < -0.3 is 0 Å². The molecule has 2 aromatic carbocycles. The van der Waals surface area contributed by atoms with Crippen molar-refractivity contribution < 1.29 is 0 Å². The Morgan fingerprint density at radius 1 is 1.12 bits per heavy atom. The Hall–Kier alpha value is -2.76. The molecule has 3 heterocycles. The number of hydrogen-bond donors (Lipinski definition) is 0. The van der Waals surface area contributed by atoms with Crippen LogP contribution in [0.1, 0.15) is 62.0 Å². The smallest absolute Gasteiger partial charge is 0.252 e. The van der Waals surface area contributed by atoms with Gasteiger partial charge in [0, 0.05) is 34.8 Å². The molecule has 0 radical (unpaired) electrons. The lowest BCUT2D eigenvalue weighted by atomic mass is 9.86. The summed E-state index contributed by atoms with van der Waals surface area (Å²) in [6, 6.07) is 19.7. The van der Waals surface area contributed by atoms with Crippen molar-refractivity contribution in [1.29, 1.82) is 0 Å². The van der Waals surface area contributed by atoms with Gasteiger partial charge in [-0.2, -0.15) is 10.1 Å². The third-order valence-corrected chi connectivity index (χ3v) is 7.62. The van der Waals surface area contributed by atoms with Gasteiger partial charge in [0.2, 0.25) is 0 Å². The van der Waals surface area contributed by atoms with Crippen LogP contribution in [-0.2, 0) is 0 Å². The van der Waals surface area contributed by atoms with Crippen LogP contribution >= 0.6 is 11.6 Å². The second kappa shape index (κ2) is 9.85. The molecule has 0 spiro atoms. The molecule has 5 nitrogen and oxygen atoms in total. The van der Waals surface area contributed by atoms with Crippen molar-refractivity contribution in [3.63, 3.8) is 0 Å². The van der Waals surface area contributed by atoms with Gasteiger partial charge in [0.05, 0.1) is 5.69 Å². The molecule has 3 unspecified atom stereocenters. The molecule has 34 heavy (non-hydrogen) atoms. The van der Waals surface area contributed by atoms with Gasteiger partial charge in [0.25, 0.3) is 5.78 Å². The first-order chi connectivity index (χ1) is 16.5. The fraction of sp³-hybridized carbons (Fsp3) is 0.393. The molecule has 1 aliphatic heterocycles. The molecule has 1 saturated heterocycles. The van der Waals surface area contributed by atoms with Crippen LogP contribution in [0.3, 0.4) is 0 Å². The lowest BCUT2D eigenvalue weighted by Gasteiger charge is -2.41. The Morgan fingerprint density at radius 3 is 2.68 bits per heavy atom. The summed E-state index contributed by atoms with van der Waals surface area (Å²) in [4.78, 5) is 11.6. The summed E-state index contributed by atoms with van der Waals surface area (Å²) < 4.78 is 1.93. The summed E-state index contributed by atoms with van der Waals surface area (Å²) in [6.45, 7) is 8.84. The zero-order valence-corrected chi connectivity index (χ0v) is 20.9. The summed E-state index contributed by atoms with van der Waals surface area (Å²) in [5, 5.41) is 5.26. The highest BCUT2D eigenvalue weighted by Gasteiger charge is 2.31. The number of nitrogens with zero attached hydrogens (tertiary/aromatic N) is 5. The molecule has 176 valence electrons. The van der Waals surface area contributed by atoms with E-state index in [1.54, 1.807) is 6.33 Å². The number of aromatic nitrogens is 4. The first-order valence-corrected chi connectivity index (χ1v) is 12.7. The molecule has 0 bridgehead atoms. The fourth-order valence-electron chi connectivity index (χ4n) is 5.43. The van der Waals surface area contributed by atoms with E-state index in [0.29, 0.717) is 23.7 Å². The van der Waals surface area contributed by atoms with E-state index in [-0.39, 0.29) is 0 Å². The monoisotopic (exact) mass is 473 g/mol. The van der Waals surface area contributed by atoms with Gasteiger partial charge in [-0.05, 0) is 55.5 Å². The molecule has 6 heteroatoms.